The van der Waals surface area contributed by atoms with Crippen LogP contribution in [0.3, 0.4) is 0 Å². The van der Waals surface area contributed by atoms with Gasteiger partial charge in [-0.05, 0) is 24.3 Å². The smallest absolute Gasteiger partial charge is 0.405 e. The molecule has 104 valence electrons. The molecule has 0 N–H and O–H groups in total. The van der Waals surface area contributed by atoms with Crippen molar-refractivity contribution in [2.45, 2.75) is 6.36 Å². The fourth-order valence-electron chi connectivity index (χ4n) is 1.55. The fraction of sp³-hybridized carbons (Fsp3) is 0.0769. The van der Waals surface area contributed by atoms with Gasteiger partial charge in [-0.15, -0.1) is 13.2 Å². The number of carbonyl (C=O) groups is 1. The molecule has 20 heavy (non-hydrogen) atoms. The summed E-state index contributed by atoms with van der Waals surface area (Å²) < 4.78 is 53.5. The SMILES string of the molecule is O=C(c1ccncc1)c1ccc(F)cc1OC(F)(F)F. The number of rotatable bonds is 3. The van der Waals surface area contributed by atoms with E-state index in [1.807, 2.05) is 0 Å². The van der Waals surface area contributed by atoms with Gasteiger partial charge in [-0.3, -0.25) is 9.78 Å². The maximum atomic E-state index is 13.0. The van der Waals surface area contributed by atoms with E-state index in [0.717, 1.165) is 12.1 Å². The van der Waals surface area contributed by atoms with Crippen LogP contribution in [-0.4, -0.2) is 17.1 Å². The lowest BCUT2D eigenvalue weighted by molar-refractivity contribution is -0.274. The van der Waals surface area contributed by atoms with Crippen LogP contribution >= 0.6 is 0 Å². The second-order valence-corrected chi connectivity index (χ2v) is 3.75. The molecule has 0 bridgehead atoms. The van der Waals surface area contributed by atoms with Crippen molar-refractivity contribution >= 4 is 5.78 Å². The van der Waals surface area contributed by atoms with Gasteiger partial charge in [0.25, 0.3) is 0 Å². The Morgan fingerprint density at radius 3 is 2.35 bits per heavy atom. The molecule has 0 amide bonds. The molecular weight excluding hydrogens is 278 g/mol. The van der Waals surface area contributed by atoms with E-state index in [1.54, 1.807) is 0 Å². The minimum atomic E-state index is -5.01. The molecule has 2 aromatic rings. The van der Waals surface area contributed by atoms with E-state index in [0.29, 0.717) is 6.07 Å². The second kappa shape index (κ2) is 5.28. The number of alkyl halides is 3. The summed E-state index contributed by atoms with van der Waals surface area (Å²) in [5.74, 6) is -2.53. The molecule has 0 saturated carbocycles. The molecule has 0 atom stereocenters. The number of hydrogen-bond donors (Lipinski definition) is 0. The van der Waals surface area contributed by atoms with Crippen molar-refractivity contribution in [1.29, 1.82) is 0 Å². The highest BCUT2D eigenvalue weighted by atomic mass is 19.4. The first-order chi connectivity index (χ1) is 9.37. The van der Waals surface area contributed by atoms with Gasteiger partial charge in [0.15, 0.2) is 5.78 Å². The molecule has 3 nitrogen and oxygen atoms in total. The molecule has 7 heteroatoms. The van der Waals surface area contributed by atoms with E-state index in [2.05, 4.69) is 9.72 Å². The summed E-state index contributed by atoms with van der Waals surface area (Å²) in [5.41, 5.74) is -0.256. The van der Waals surface area contributed by atoms with Gasteiger partial charge in [0.2, 0.25) is 0 Å². The molecule has 0 aliphatic rings. The van der Waals surface area contributed by atoms with Crippen molar-refractivity contribution < 1.29 is 27.1 Å². The summed E-state index contributed by atoms with van der Waals surface area (Å²) in [5, 5.41) is 0. The Morgan fingerprint density at radius 2 is 1.75 bits per heavy atom. The van der Waals surface area contributed by atoms with Crippen LogP contribution in [0.1, 0.15) is 15.9 Å². The van der Waals surface area contributed by atoms with Crippen molar-refractivity contribution in [3.63, 3.8) is 0 Å². The first-order valence-electron chi connectivity index (χ1n) is 5.37. The van der Waals surface area contributed by atoms with E-state index >= 15 is 0 Å². The third-order valence-electron chi connectivity index (χ3n) is 2.36. The lowest BCUT2D eigenvalue weighted by Gasteiger charge is -2.12. The number of ether oxygens (including phenoxy) is 1. The van der Waals surface area contributed by atoms with Crippen LogP contribution in [0.4, 0.5) is 17.6 Å². The Hall–Kier alpha value is -2.44. The van der Waals surface area contributed by atoms with Crippen LogP contribution in [0.2, 0.25) is 0 Å². The average Bonchev–Trinajstić information content (AvgIpc) is 2.37. The molecule has 2 rings (SSSR count). The van der Waals surface area contributed by atoms with Crippen molar-refractivity contribution in [3.05, 3.63) is 59.7 Å². The Labute approximate surface area is 110 Å². The third-order valence-corrected chi connectivity index (χ3v) is 2.36. The predicted octanol–water partition coefficient (Wildman–Crippen LogP) is 3.35. The summed E-state index contributed by atoms with van der Waals surface area (Å²) in [6.07, 6.45) is -2.37. The van der Waals surface area contributed by atoms with E-state index in [4.69, 9.17) is 0 Å². The van der Waals surface area contributed by atoms with Gasteiger partial charge in [0, 0.05) is 24.0 Å². The maximum absolute atomic E-state index is 13.0. The highest BCUT2D eigenvalue weighted by Gasteiger charge is 2.33. The lowest BCUT2D eigenvalue weighted by Crippen LogP contribution is -2.19. The molecule has 0 unspecified atom stereocenters. The van der Waals surface area contributed by atoms with Crippen molar-refractivity contribution in [1.82, 2.24) is 4.98 Å². The number of carbonyl (C=O) groups excluding carboxylic acids is 1. The van der Waals surface area contributed by atoms with Crippen LogP contribution in [-0.2, 0) is 0 Å². The van der Waals surface area contributed by atoms with E-state index in [1.165, 1.54) is 24.5 Å². The number of aromatic nitrogens is 1. The molecule has 1 heterocycles. The molecule has 1 aromatic heterocycles. The van der Waals surface area contributed by atoms with Crippen LogP contribution in [0, 0.1) is 5.82 Å². The van der Waals surface area contributed by atoms with Gasteiger partial charge in [-0.25, -0.2) is 4.39 Å². The highest BCUT2D eigenvalue weighted by Crippen LogP contribution is 2.28. The number of ketones is 1. The standard InChI is InChI=1S/C13H7F4NO2/c14-9-1-2-10(11(7-9)20-13(15,16)17)12(19)8-3-5-18-6-4-8/h1-7H. The summed E-state index contributed by atoms with van der Waals surface area (Å²) in [7, 11) is 0. The van der Waals surface area contributed by atoms with Gasteiger partial charge in [0.05, 0.1) is 5.56 Å². The van der Waals surface area contributed by atoms with Crippen molar-refractivity contribution in [3.8, 4) is 5.75 Å². The van der Waals surface area contributed by atoms with Gasteiger partial charge in [-0.1, -0.05) is 0 Å². The summed E-state index contributed by atoms with van der Waals surface area (Å²) in [6, 6.07) is 5.02. The Kier molecular flexibility index (Phi) is 3.69. The number of halogens is 4. The largest absolute Gasteiger partial charge is 0.573 e. The first-order valence-corrected chi connectivity index (χ1v) is 5.37. The number of pyridine rings is 1. The van der Waals surface area contributed by atoms with E-state index in [-0.39, 0.29) is 11.1 Å². The number of nitrogens with zero attached hydrogens (tertiary/aromatic N) is 1. The predicted molar refractivity (Wildman–Crippen MR) is 60.8 cm³/mol. The van der Waals surface area contributed by atoms with E-state index in [9.17, 15) is 22.4 Å². The zero-order valence-electron chi connectivity index (χ0n) is 9.82. The van der Waals surface area contributed by atoms with Crippen molar-refractivity contribution in [2.24, 2.45) is 0 Å². The van der Waals surface area contributed by atoms with Crippen molar-refractivity contribution in [2.75, 3.05) is 0 Å². The quantitative estimate of drug-likeness (QED) is 0.641. The zero-order valence-corrected chi connectivity index (χ0v) is 9.82. The Balaban J connectivity index is 2.43. The fourth-order valence-corrected chi connectivity index (χ4v) is 1.55. The minimum absolute atomic E-state index is 0.124. The molecule has 0 radical (unpaired) electrons. The summed E-state index contributed by atoms with van der Waals surface area (Å²) in [6.45, 7) is 0. The average molecular weight is 285 g/mol. The number of benzene rings is 1. The van der Waals surface area contributed by atoms with Gasteiger partial charge in [-0.2, -0.15) is 0 Å². The van der Waals surface area contributed by atoms with Crippen LogP contribution in [0.5, 0.6) is 5.75 Å². The monoisotopic (exact) mass is 285 g/mol. The molecule has 0 fully saturated rings. The van der Waals surface area contributed by atoms with Gasteiger partial charge >= 0.3 is 6.36 Å². The van der Waals surface area contributed by atoms with Crippen LogP contribution in [0.15, 0.2) is 42.7 Å². The van der Waals surface area contributed by atoms with Gasteiger partial charge < -0.3 is 4.74 Å². The lowest BCUT2D eigenvalue weighted by atomic mass is 10.0. The molecule has 1 aromatic carbocycles. The first kappa shape index (κ1) is 14.0. The number of hydrogen-bond acceptors (Lipinski definition) is 3. The maximum Gasteiger partial charge on any atom is 0.573 e. The summed E-state index contributed by atoms with van der Waals surface area (Å²) in [4.78, 5) is 15.8. The third kappa shape index (κ3) is 3.31. The topological polar surface area (TPSA) is 39.2 Å². The minimum Gasteiger partial charge on any atom is -0.405 e. The zero-order chi connectivity index (χ0) is 14.8. The second-order valence-electron chi connectivity index (χ2n) is 3.75. The molecule has 0 spiro atoms. The van der Waals surface area contributed by atoms with Gasteiger partial charge in [0.1, 0.15) is 11.6 Å². The molecule has 0 saturated heterocycles. The van der Waals surface area contributed by atoms with E-state index < -0.39 is 23.7 Å². The molecule has 0 aliphatic heterocycles. The molecular formula is C13H7F4NO2. The highest BCUT2D eigenvalue weighted by molar-refractivity contribution is 6.10. The van der Waals surface area contributed by atoms with Crippen LogP contribution in [0.25, 0.3) is 0 Å². The normalized spacial score (nSPS) is 11.2. The Bertz CT molecular complexity index is 626. The molecule has 0 aliphatic carbocycles. The summed E-state index contributed by atoms with van der Waals surface area (Å²) >= 11 is 0. The van der Waals surface area contributed by atoms with Crippen LogP contribution < -0.4 is 4.74 Å². The Morgan fingerprint density at radius 1 is 1.10 bits per heavy atom.